The number of aryl methyl sites for hydroxylation is 1. The van der Waals surface area contributed by atoms with Crippen molar-refractivity contribution in [1.29, 1.82) is 0 Å². The molecule has 1 saturated heterocycles. The van der Waals surface area contributed by atoms with Crippen LogP contribution in [0.25, 0.3) is 0 Å². The number of hydrogen-bond acceptors (Lipinski definition) is 3. The Morgan fingerprint density at radius 3 is 2.89 bits per heavy atom. The molecule has 2 heterocycles. The number of aromatic nitrogens is 3. The van der Waals surface area contributed by atoms with E-state index < -0.39 is 0 Å². The molecule has 1 aliphatic rings. The van der Waals surface area contributed by atoms with Crippen LogP contribution in [0, 0.1) is 0 Å². The van der Waals surface area contributed by atoms with Gasteiger partial charge in [-0.05, 0) is 33.1 Å². The Bertz CT molecular complexity index is 444. The first-order valence-electron chi connectivity index (χ1n) is 6.97. The molecule has 1 aliphatic heterocycles. The van der Waals surface area contributed by atoms with Crippen LogP contribution in [0.1, 0.15) is 51.9 Å². The van der Waals surface area contributed by atoms with E-state index in [1.54, 1.807) is 6.33 Å². The maximum Gasteiger partial charge on any atom is 0.318 e. The fourth-order valence-corrected chi connectivity index (χ4v) is 2.85. The van der Waals surface area contributed by atoms with Crippen LogP contribution in [0.4, 0.5) is 4.79 Å². The molecule has 19 heavy (non-hydrogen) atoms. The first-order valence-corrected chi connectivity index (χ1v) is 6.97. The molecule has 1 N–H and O–H groups in total. The smallest absolute Gasteiger partial charge is 0.318 e. The number of amides is 2. The van der Waals surface area contributed by atoms with Crippen molar-refractivity contribution in [2.24, 2.45) is 7.05 Å². The van der Waals surface area contributed by atoms with Crippen molar-refractivity contribution in [1.82, 2.24) is 25.0 Å². The van der Waals surface area contributed by atoms with Crippen LogP contribution in [0.2, 0.25) is 0 Å². The summed E-state index contributed by atoms with van der Waals surface area (Å²) in [7, 11) is 1.88. The zero-order chi connectivity index (χ0) is 14.0. The number of carbonyl (C=O) groups excluding carboxylic acids is 1. The van der Waals surface area contributed by atoms with Crippen LogP contribution in [-0.2, 0) is 7.05 Å². The molecular weight excluding hydrogens is 242 g/mol. The van der Waals surface area contributed by atoms with Crippen LogP contribution >= 0.6 is 0 Å². The molecular formula is C13H23N5O. The molecule has 0 radical (unpaired) electrons. The van der Waals surface area contributed by atoms with Crippen molar-refractivity contribution in [2.75, 3.05) is 0 Å². The third-order valence-electron chi connectivity index (χ3n) is 3.97. The Balaban J connectivity index is 2.02. The van der Waals surface area contributed by atoms with Gasteiger partial charge in [0.05, 0.1) is 6.04 Å². The average molecular weight is 265 g/mol. The lowest BCUT2D eigenvalue weighted by molar-refractivity contribution is 0.171. The molecule has 106 valence electrons. The fourth-order valence-electron chi connectivity index (χ4n) is 2.85. The van der Waals surface area contributed by atoms with Gasteiger partial charge in [-0.2, -0.15) is 0 Å². The Morgan fingerprint density at radius 2 is 2.32 bits per heavy atom. The Hall–Kier alpha value is -1.59. The predicted molar refractivity (Wildman–Crippen MR) is 72.6 cm³/mol. The SMILES string of the molecule is CC[C@@H]1CC[C@H](C)N1C(=O)N[C@@H](C)c1nncn1C. The summed E-state index contributed by atoms with van der Waals surface area (Å²) in [6, 6.07) is 0.552. The summed E-state index contributed by atoms with van der Waals surface area (Å²) in [6.07, 6.45) is 4.84. The highest BCUT2D eigenvalue weighted by Crippen LogP contribution is 2.26. The minimum absolute atomic E-state index is 0.00681. The van der Waals surface area contributed by atoms with Crippen molar-refractivity contribution in [3.8, 4) is 0 Å². The van der Waals surface area contributed by atoms with Gasteiger partial charge in [0, 0.05) is 19.1 Å². The van der Waals surface area contributed by atoms with Crippen LogP contribution in [-0.4, -0.2) is 37.8 Å². The summed E-state index contributed by atoms with van der Waals surface area (Å²) in [5, 5.41) is 10.9. The molecule has 0 bridgehead atoms. The summed E-state index contributed by atoms with van der Waals surface area (Å²) in [4.78, 5) is 14.4. The molecule has 6 nitrogen and oxygen atoms in total. The lowest BCUT2D eigenvalue weighted by Crippen LogP contribution is -2.46. The molecule has 1 aromatic rings. The topological polar surface area (TPSA) is 63.1 Å². The number of nitrogens with one attached hydrogen (secondary N) is 1. The number of rotatable bonds is 3. The molecule has 0 aliphatic carbocycles. The quantitative estimate of drug-likeness (QED) is 0.907. The van der Waals surface area contributed by atoms with E-state index in [0.717, 1.165) is 25.1 Å². The molecule has 0 saturated carbocycles. The number of likely N-dealkylation sites (tertiary alicyclic amines) is 1. The van der Waals surface area contributed by atoms with Gasteiger partial charge >= 0.3 is 6.03 Å². The third kappa shape index (κ3) is 2.72. The van der Waals surface area contributed by atoms with Gasteiger partial charge in [-0.3, -0.25) is 0 Å². The minimum atomic E-state index is -0.134. The van der Waals surface area contributed by atoms with E-state index in [0.29, 0.717) is 12.1 Å². The highest BCUT2D eigenvalue weighted by atomic mass is 16.2. The molecule has 2 amide bonds. The fraction of sp³-hybridized carbons (Fsp3) is 0.769. The van der Waals surface area contributed by atoms with Gasteiger partial charge in [0.25, 0.3) is 0 Å². The Morgan fingerprint density at radius 1 is 1.58 bits per heavy atom. The highest BCUT2D eigenvalue weighted by molar-refractivity contribution is 5.75. The highest BCUT2D eigenvalue weighted by Gasteiger charge is 2.33. The second kappa shape index (κ2) is 5.59. The third-order valence-corrected chi connectivity index (χ3v) is 3.97. The first kappa shape index (κ1) is 13.8. The van der Waals surface area contributed by atoms with Crippen molar-refractivity contribution in [3.05, 3.63) is 12.2 Å². The molecule has 3 atom stereocenters. The maximum atomic E-state index is 12.4. The van der Waals surface area contributed by atoms with Crippen molar-refractivity contribution in [3.63, 3.8) is 0 Å². The number of hydrogen-bond donors (Lipinski definition) is 1. The lowest BCUT2D eigenvalue weighted by Gasteiger charge is -2.29. The number of nitrogens with zero attached hydrogens (tertiary/aromatic N) is 4. The van der Waals surface area contributed by atoms with Gasteiger partial charge in [-0.1, -0.05) is 6.92 Å². The van der Waals surface area contributed by atoms with Gasteiger partial charge in [0.2, 0.25) is 0 Å². The normalized spacial score (nSPS) is 24.5. The summed E-state index contributed by atoms with van der Waals surface area (Å²) >= 11 is 0. The monoisotopic (exact) mass is 265 g/mol. The van der Waals surface area contributed by atoms with E-state index >= 15 is 0 Å². The van der Waals surface area contributed by atoms with Crippen molar-refractivity contribution < 1.29 is 4.79 Å². The summed E-state index contributed by atoms with van der Waals surface area (Å²) in [6.45, 7) is 6.18. The van der Waals surface area contributed by atoms with Crippen LogP contribution in [0.3, 0.4) is 0 Å². The average Bonchev–Trinajstić information content (AvgIpc) is 2.94. The zero-order valence-corrected chi connectivity index (χ0v) is 12.1. The Labute approximate surface area is 114 Å². The van der Waals surface area contributed by atoms with Crippen LogP contribution < -0.4 is 5.32 Å². The molecule has 1 aromatic heterocycles. The molecule has 1 fully saturated rings. The van der Waals surface area contributed by atoms with Crippen molar-refractivity contribution in [2.45, 2.75) is 58.2 Å². The summed E-state index contributed by atoms with van der Waals surface area (Å²) < 4.78 is 1.83. The van der Waals surface area contributed by atoms with Gasteiger partial charge in [0.1, 0.15) is 6.33 Å². The van der Waals surface area contributed by atoms with Crippen LogP contribution in [0.5, 0.6) is 0 Å². The number of carbonyl (C=O) groups is 1. The van der Waals surface area contributed by atoms with Gasteiger partial charge in [0.15, 0.2) is 5.82 Å². The maximum absolute atomic E-state index is 12.4. The van der Waals surface area contributed by atoms with E-state index in [1.807, 2.05) is 23.4 Å². The summed E-state index contributed by atoms with van der Waals surface area (Å²) in [5.41, 5.74) is 0. The molecule has 0 unspecified atom stereocenters. The Kier molecular flexibility index (Phi) is 4.07. The zero-order valence-electron chi connectivity index (χ0n) is 12.1. The lowest BCUT2D eigenvalue weighted by atomic mass is 10.2. The molecule has 2 rings (SSSR count). The largest absolute Gasteiger partial charge is 0.328 e. The van der Waals surface area contributed by atoms with Gasteiger partial charge in [-0.15, -0.1) is 10.2 Å². The van der Waals surface area contributed by atoms with Crippen molar-refractivity contribution >= 4 is 6.03 Å². The number of urea groups is 1. The van der Waals surface area contributed by atoms with Gasteiger partial charge in [-0.25, -0.2) is 4.79 Å². The minimum Gasteiger partial charge on any atom is -0.328 e. The first-order chi connectivity index (χ1) is 9.04. The molecule has 6 heteroatoms. The standard InChI is InChI=1S/C13H23N5O/c1-5-11-7-6-9(2)18(11)13(19)15-10(3)12-16-14-8-17(12)4/h8-11H,5-7H2,1-4H3,(H,15,19)/t9-,10-,11+/m0/s1. The van der Waals surface area contributed by atoms with E-state index in [9.17, 15) is 4.79 Å². The van der Waals surface area contributed by atoms with E-state index in [4.69, 9.17) is 0 Å². The van der Waals surface area contributed by atoms with E-state index in [-0.39, 0.29) is 12.1 Å². The van der Waals surface area contributed by atoms with Crippen LogP contribution in [0.15, 0.2) is 6.33 Å². The van der Waals surface area contributed by atoms with E-state index in [1.165, 1.54) is 0 Å². The second-order valence-corrected chi connectivity index (χ2v) is 5.37. The second-order valence-electron chi connectivity index (χ2n) is 5.37. The predicted octanol–water partition coefficient (Wildman–Crippen LogP) is 1.85. The molecule has 0 spiro atoms. The van der Waals surface area contributed by atoms with Gasteiger partial charge < -0.3 is 14.8 Å². The van der Waals surface area contributed by atoms with E-state index in [2.05, 4.69) is 29.4 Å². The summed E-state index contributed by atoms with van der Waals surface area (Å²) in [5.74, 6) is 0.772. The molecule has 0 aromatic carbocycles.